The quantitative estimate of drug-likeness (QED) is 0.733. The van der Waals surface area contributed by atoms with E-state index in [1.165, 1.54) is 12.3 Å². The molecule has 0 radical (unpaired) electrons. The summed E-state index contributed by atoms with van der Waals surface area (Å²) in [4.78, 5) is 18.7. The molecule has 6 heteroatoms. The number of aliphatic hydroxyl groups excluding tert-OH is 1. The summed E-state index contributed by atoms with van der Waals surface area (Å²) in [5, 5.41) is 21.0. The van der Waals surface area contributed by atoms with E-state index in [0.717, 1.165) is 0 Å². The van der Waals surface area contributed by atoms with Gasteiger partial charge in [0, 0.05) is 18.8 Å². The molecule has 1 atom stereocenters. The van der Waals surface area contributed by atoms with Crippen molar-refractivity contribution in [2.24, 2.45) is 5.41 Å². The lowest BCUT2D eigenvalue weighted by atomic mass is 9.85. The van der Waals surface area contributed by atoms with Crippen molar-refractivity contribution in [3.05, 3.63) is 18.0 Å². The largest absolute Gasteiger partial charge is 0.477 e. The van der Waals surface area contributed by atoms with Gasteiger partial charge in [-0.1, -0.05) is 20.8 Å². The number of hydrogen-bond acceptors (Lipinski definition) is 5. The van der Waals surface area contributed by atoms with Gasteiger partial charge in [-0.2, -0.15) is 0 Å². The van der Waals surface area contributed by atoms with Crippen LogP contribution in [-0.4, -0.2) is 38.8 Å². The molecular formula is C12H19N3O3. The highest BCUT2D eigenvalue weighted by atomic mass is 16.4. The predicted octanol–water partition coefficient (Wildman–Crippen LogP) is 1.38. The lowest BCUT2D eigenvalue weighted by Gasteiger charge is -2.31. The number of aromatic nitrogens is 2. The number of nitrogens with one attached hydrogen (secondary N) is 1. The summed E-state index contributed by atoms with van der Waals surface area (Å²) in [7, 11) is 0. The molecule has 18 heavy (non-hydrogen) atoms. The lowest BCUT2D eigenvalue weighted by Crippen LogP contribution is -2.35. The highest BCUT2D eigenvalue weighted by Crippen LogP contribution is 2.24. The van der Waals surface area contributed by atoms with Crippen LogP contribution in [0.4, 0.5) is 5.95 Å². The van der Waals surface area contributed by atoms with Gasteiger partial charge in [-0.15, -0.1) is 0 Å². The Morgan fingerprint density at radius 2 is 2.17 bits per heavy atom. The van der Waals surface area contributed by atoms with E-state index in [9.17, 15) is 4.79 Å². The van der Waals surface area contributed by atoms with Crippen LogP contribution in [0.15, 0.2) is 12.3 Å². The second-order valence-corrected chi connectivity index (χ2v) is 5.15. The van der Waals surface area contributed by atoms with E-state index >= 15 is 0 Å². The van der Waals surface area contributed by atoms with E-state index in [4.69, 9.17) is 10.2 Å². The van der Waals surface area contributed by atoms with Gasteiger partial charge in [0.05, 0.1) is 0 Å². The first kappa shape index (κ1) is 14.4. The Bertz CT molecular complexity index is 415. The molecule has 0 saturated carbocycles. The van der Waals surface area contributed by atoms with Crippen LogP contribution in [0.25, 0.3) is 0 Å². The number of nitrogens with zero attached hydrogens (tertiary/aromatic N) is 2. The third kappa shape index (κ3) is 3.96. The summed E-state index contributed by atoms with van der Waals surface area (Å²) in [6.45, 7) is 6.14. The van der Waals surface area contributed by atoms with Gasteiger partial charge in [-0.25, -0.2) is 14.8 Å². The minimum Gasteiger partial charge on any atom is -0.477 e. The molecule has 0 aliphatic rings. The summed E-state index contributed by atoms with van der Waals surface area (Å²) >= 11 is 0. The van der Waals surface area contributed by atoms with Crippen LogP contribution < -0.4 is 5.32 Å². The average molecular weight is 253 g/mol. The number of carbonyl (C=O) groups is 1. The Morgan fingerprint density at radius 1 is 1.50 bits per heavy atom. The molecule has 0 saturated heterocycles. The molecule has 0 aliphatic heterocycles. The van der Waals surface area contributed by atoms with Gasteiger partial charge in [-0.3, -0.25) is 0 Å². The molecular weight excluding hydrogens is 234 g/mol. The van der Waals surface area contributed by atoms with Gasteiger partial charge < -0.3 is 15.5 Å². The van der Waals surface area contributed by atoms with Gasteiger partial charge in [0.1, 0.15) is 0 Å². The first-order valence-corrected chi connectivity index (χ1v) is 5.78. The fraction of sp³-hybridized carbons (Fsp3) is 0.583. The van der Waals surface area contributed by atoms with Crippen LogP contribution in [0.1, 0.15) is 37.7 Å². The van der Waals surface area contributed by atoms with Crippen LogP contribution in [0, 0.1) is 5.41 Å². The second-order valence-electron chi connectivity index (χ2n) is 5.15. The number of carboxylic acid groups (broad SMARTS) is 1. The smallest absolute Gasteiger partial charge is 0.354 e. The number of carboxylic acids is 1. The van der Waals surface area contributed by atoms with Crippen molar-refractivity contribution in [1.82, 2.24) is 9.97 Å². The second kappa shape index (κ2) is 5.77. The molecule has 1 heterocycles. The van der Waals surface area contributed by atoms with E-state index in [1.54, 1.807) is 0 Å². The molecule has 3 N–H and O–H groups in total. The zero-order chi connectivity index (χ0) is 13.8. The van der Waals surface area contributed by atoms with Crippen LogP contribution in [0.3, 0.4) is 0 Å². The van der Waals surface area contributed by atoms with Crippen molar-refractivity contribution in [2.75, 3.05) is 11.9 Å². The van der Waals surface area contributed by atoms with Gasteiger partial charge in [0.25, 0.3) is 0 Å². The Kier molecular flexibility index (Phi) is 4.61. The van der Waals surface area contributed by atoms with Crippen LogP contribution in [0.5, 0.6) is 0 Å². The Balaban J connectivity index is 2.87. The lowest BCUT2D eigenvalue weighted by molar-refractivity contribution is 0.0690. The molecule has 0 aromatic carbocycles. The molecule has 1 rings (SSSR count). The van der Waals surface area contributed by atoms with Crippen molar-refractivity contribution in [3.8, 4) is 0 Å². The molecule has 0 spiro atoms. The number of aromatic carboxylic acids is 1. The first-order valence-electron chi connectivity index (χ1n) is 5.78. The van der Waals surface area contributed by atoms with Crippen LogP contribution >= 0.6 is 0 Å². The summed E-state index contributed by atoms with van der Waals surface area (Å²) < 4.78 is 0. The fourth-order valence-electron chi connectivity index (χ4n) is 1.55. The number of rotatable bonds is 5. The Hall–Kier alpha value is -1.69. The van der Waals surface area contributed by atoms with E-state index in [1.807, 2.05) is 20.8 Å². The normalized spacial score (nSPS) is 13.1. The van der Waals surface area contributed by atoms with Gasteiger partial charge in [-0.05, 0) is 17.9 Å². The predicted molar refractivity (Wildman–Crippen MR) is 67.6 cm³/mol. The Morgan fingerprint density at radius 3 is 2.67 bits per heavy atom. The molecule has 1 unspecified atom stereocenters. The maximum atomic E-state index is 10.8. The molecule has 1 aromatic heterocycles. The third-order valence-corrected chi connectivity index (χ3v) is 2.64. The molecule has 1 aromatic rings. The maximum absolute atomic E-state index is 10.8. The molecule has 6 nitrogen and oxygen atoms in total. The van der Waals surface area contributed by atoms with Crippen LogP contribution in [0.2, 0.25) is 0 Å². The number of aliphatic hydroxyl groups is 1. The van der Waals surface area contributed by atoms with E-state index < -0.39 is 5.97 Å². The van der Waals surface area contributed by atoms with Crippen molar-refractivity contribution in [1.29, 1.82) is 0 Å². The minimum absolute atomic E-state index is 0.0356. The van der Waals surface area contributed by atoms with Gasteiger partial charge in [0.15, 0.2) is 5.69 Å². The van der Waals surface area contributed by atoms with E-state index in [2.05, 4.69) is 15.3 Å². The first-order chi connectivity index (χ1) is 8.34. The SMILES string of the molecule is CC(C)(C)C(CCO)Nc1nccc(C(=O)O)n1. The molecule has 100 valence electrons. The summed E-state index contributed by atoms with van der Waals surface area (Å²) in [5.74, 6) is -0.821. The zero-order valence-corrected chi connectivity index (χ0v) is 10.8. The van der Waals surface area contributed by atoms with Crippen molar-refractivity contribution < 1.29 is 15.0 Å². The highest BCUT2D eigenvalue weighted by molar-refractivity contribution is 5.85. The van der Waals surface area contributed by atoms with Crippen molar-refractivity contribution >= 4 is 11.9 Å². The summed E-state index contributed by atoms with van der Waals surface area (Å²) in [6.07, 6.45) is 1.95. The molecule has 0 bridgehead atoms. The van der Waals surface area contributed by atoms with Gasteiger partial charge >= 0.3 is 5.97 Å². The van der Waals surface area contributed by atoms with Gasteiger partial charge in [0.2, 0.25) is 5.95 Å². The minimum atomic E-state index is -1.09. The summed E-state index contributed by atoms with van der Waals surface area (Å²) in [5.41, 5.74) is -0.144. The van der Waals surface area contributed by atoms with Crippen molar-refractivity contribution in [3.63, 3.8) is 0 Å². The number of anilines is 1. The third-order valence-electron chi connectivity index (χ3n) is 2.64. The topological polar surface area (TPSA) is 95.3 Å². The van der Waals surface area contributed by atoms with Crippen LogP contribution in [-0.2, 0) is 0 Å². The Labute approximate surface area is 106 Å². The van der Waals surface area contributed by atoms with E-state index in [0.29, 0.717) is 6.42 Å². The molecule has 0 aliphatic carbocycles. The average Bonchev–Trinajstić information content (AvgIpc) is 2.27. The number of hydrogen-bond donors (Lipinski definition) is 3. The zero-order valence-electron chi connectivity index (χ0n) is 10.8. The van der Waals surface area contributed by atoms with Crippen molar-refractivity contribution in [2.45, 2.75) is 33.2 Å². The fourth-order valence-corrected chi connectivity index (χ4v) is 1.55. The maximum Gasteiger partial charge on any atom is 0.354 e. The molecule has 0 amide bonds. The monoisotopic (exact) mass is 253 g/mol. The highest BCUT2D eigenvalue weighted by Gasteiger charge is 2.24. The standard InChI is InChI=1S/C12H19N3O3/c1-12(2,3)9(5-7-16)15-11-13-6-4-8(14-11)10(17)18/h4,6,9,16H,5,7H2,1-3H3,(H,17,18)(H,13,14,15). The summed E-state index contributed by atoms with van der Waals surface area (Å²) in [6, 6.07) is 1.30. The van der Waals surface area contributed by atoms with E-state index in [-0.39, 0.29) is 29.7 Å². The molecule has 0 fully saturated rings.